The molecule has 0 saturated carbocycles. The Morgan fingerprint density at radius 3 is 2.17 bits per heavy atom. The minimum absolute atomic E-state index is 0.198. The summed E-state index contributed by atoms with van der Waals surface area (Å²) in [6.07, 6.45) is 3.18. The number of piperazine rings is 1. The first-order valence-electron chi connectivity index (χ1n) is 9.52. The Kier molecular flexibility index (Phi) is 5.37. The molecule has 3 aromatic rings. The zero-order valence-electron chi connectivity index (χ0n) is 16.2. The molecule has 1 aliphatic rings. The van der Waals surface area contributed by atoms with Crippen molar-refractivity contribution in [1.82, 2.24) is 9.97 Å². The number of hydrogen-bond acceptors (Lipinski definition) is 5. The van der Waals surface area contributed by atoms with Gasteiger partial charge in [0.05, 0.1) is 12.4 Å². The van der Waals surface area contributed by atoms with Gasteiger partial charge in [0.1, 0.15) is 17.3 Å². The normalized spacial score (nSPS) is 14.0. The van der Waals surface area contributed by atoms with Crippen molar-refractivity contribution < 1.29 is 9.18 Å². The number of rotatable bonds is 4. The Morgan fingerprint density at radius 1 is 0.897 bits per heavy atom. The molecular weight excluding hydrogens is 369 g/mol. The molecule has 1 amide bonds. The summed E-state index contributed by atoms with van der Waals surface area (Å²) in [6.45, 7) is 3.18. The van der Waals surface area contributed by atoms with E-state index < -0.39 is 0 Å². The molecule has 4 rings (SSSR count). The fourth-order valence-electron chi connectivity index (χ4n) is 3.38. The molecular formula is C22H22FN5O. The Labute approximate surface area is 169 Å². The average Bonchev–Trinajstić information content (AvgIpc) is 2.79. The zero-order valence-corrected chi connectivity index (χ0v) is 16.2. The molecule has 0 radical (unpaired) electrons. The molecule has 2 aromatic carbocycles. The van der Waals surface area contributed by atoms with Crippen molar-refractivity contribution in [2.24, 2.45) is 0 Å². The number of aromatic nitrogens is 2. The first kappa shape index (κ1) is 18.9. The lowest BCUT2D eigenvalue weighted by Crippen LogP contribution is -2.46. The number of hydrogen-bond donors (Lipinski definition) is 0. The zero-order chi connectivity index (χ0) is 20.2. The van der Waals surface area contributed by atoms with E-state index in [0.29, 0.717) is 5.69 Å². The highest BCUT2D eigenvalue weighted by molar-refractivity contribution is 6.04. The number of amides is 1. The highest BCUT2D eigenvalue weighted by atomic mass is 19.1. The molecule has 1 fully saturated rings. The summed E-state index contributed by atoms with van der Waals surface area (Å²) in [4.78, 5) is 27.3. The monoisotopic (exact) mass is 391 g/mol. The Hall–Kier alpha value is -3.48. The van der Waals surface area contributed by atoms with Gasteiger partial charge in [-0.3, -0.25) is 4.79 Å². The van der Waals surface area contributed by atoms with Gasteiger partial charge in [0.2, 0.25) is 0 Å². The third kappa shape index (κ3) is 4.18. The van der Waals surface area contributed by atoms with Crippen molar-refractivity contribution in [2.75, 3.05) is 47.9 Å². The van der Waals surface area contributed by atoms with Crippen LogP contribution in [0.2, 0.25) is 0 Å². The van der Waals surface area contributed by atoms with E-state index >= 15 is 0 Å². The maximum absolute atomic E-state index is 13.1. The van der Waals surface area contributed by atoms with Crippen LogP contribution in [-0.2, 0) is 0 Å². The Morgan fingerprint density at radius 2 is 1.55 bits per heavy atom. The van der Waals surface area contributed by atoms with Crippen LogP contribution in [0.1, 0.15) is 10.5 Å². The number of benzene rings is 2. The molecule has 0 bridgehead atoms. The molecule has 0 unspecified atom stereocenters. The molecule has 0 aliphatic carbocycles. The first-order chi connectivity index (χ1) is 14.1. The standard InChI is InChI=1S/C22H22FN5O/c1-26(18-5-3-2-4-6-18)22(29)20-15-25-21(16-24-20)28-13-11-27(12-14-28)19-9-7-17(23)8-10-19/h2-10,15-16H,11-14H2,1H3. The van der Waals surface area contributed by atoms with E-state index in [0.717, 1.165) is 43.4 Å². The summed E-state index contributed by atoms with van der Waals surface area (Å²) >= 11 is 0. The van der Waals surface area contributed by atoms with E-state index in [1.165, 1.54) is 18.3 Å². The molecule has 1 aromatic heterocycles. The summed E-state index contributed by atoms with van der Waals surface area (Å²) in [6, 6.07) is 16.0. The van der Waals surface area contributed by atoms with E-state index in [1.807, 2.05) is 30.3 Å². The van der Waals surface area contributed by atoms with Crippen LogP contribution >= 0.6 is 0 Å². The van der Waals surface area contributed by atoms with Gasteiger partial charge in [0.15, 0.2) is 0 Å². The lowest BCUT2D eigenvalue weighted by atomic mass is 10.2. The second-order valence-electron chi connectivity index (χ2n) is 6.91. The topological polar surface area (TPSA) is 52.6 Å². The molecule has 1 saturated heterocycles. The number of anilines is 3. The predicted molar refractivity (Wildman–Crippen MR) is 112 cm³/mol. The van der Waals surface area contributed by atoms with Gasteiger partial charge in [-0.15, -0.1) is 0 Å². The summed E-state index contributed by atoms with van der Waals surface area (Å²) in [5.41, 5.74) is 2.13. The van der Waals surface area contributed by atoms with E-state index in [2.05, 4.69) is 19.8 Å². The van der Waals surface area contributed by atoms with Crippen molar-refractivity contribution in [3.63, 3.8) is 0 Å². The Bertz CT molecular complexity index is 955. The quantitative estimate of drug-likeness (QED) is 0.684. The van der Waals surface area contributed by atoms with Crippen LogP contribution in [0.3, 0.4) is 0 Å². The third-order valence-electron chi connectivity index (χ3n) is 5.10. The maximum atomic E-state index is 13.1. The summed E-state index contributed by atoms with van der Waals surface area (Å²) < 4.78 is 13.1. The van der Waals surface area contributed by atoms with Gasteiger partial charge in [-0.25, -0.2) is 14.4 Å². The van der Waals surface area contributed by atoms with Gasteiger partial charge in [-0.05, 0) is 36.4 Å². The van der Waals surface area contributed by atoms with Crippen LogP contribution in [0.25, 0.3) is 0 Å². The van der Waals surface area contributed by atoms with Crippen molar-refractivity contribution in [3.05, 3.63) is 78.5 Å². The number of carbonyl (C=O) groups is 1. The molecule has 1 aliphatic heterocycles. The van der Waals surface area contributed by atoms with Crippen LogP contribution in [0.5, 0.6) is 0 Å². The van der Waals surface area contributed by atoms with Gasteiger partial charge in [0, 0.05) is 44.6 Å². The van der Waals surface area contributed by atoms with Crippen molar-refractivity contribution in [1.29, 1.82) is 0 Å². The van der Waals surface area contributed by atoms with Crippen LogP contribution in [-0.4, -0.2) is 49.1 Å². The minimum atomic E-state index is -0.227. The van der Waals surface area contributed by atoms with Crippen LogP contribution in [0.4, 0.5) is 21.6 Å². The summed E-state index contributed by atoms with van der Waals surface area (Å²) in [5, 5.41) is 0. The third-order valence-corrected chi connectivity index (χ3v) is 5.10. The number of carbonyl (C=O) groups excluding carboxylic acids is 1. The second kappa shape index (κ2) is 8.26. The Balaban J connectivity index is 1.38. The van der Waals surface area contributed by atoms with Crippen LogP contribution in [0.15, 0.2) is 67.0 Å². The SMILES string of the molecule is CN(C(=O)c1cnc(N2CCN(c3ccc(F)cc3)CC2)cn1)c1ccccc1. The molecule has 6 nitrogen and oxygen atoms in total. The fourth-order valence-corrected chi connectivity index (χ4v) is 3.38. The van der Waals surface area contributed by atoms with E-state index in [4.69, 9.17) is 0 Å². The van der Waals surface area contributed by atoms with Gasteiger partial charge < -0.3 is 14.7 Å². The van der Waals surface area contributed by atoms with E-state index in [9.17, 15) is 9.18 Å². The second-order valence-corrected chi connectivity index (χ2v) is 6.91. The van der Waals surface area contributed by atoms with E-state index in [-0.39, 0.29) is 11.7 Å². The van der Waals surface area contributed by atoms with Gasteiger partial charge in [-0.2, -0.15) is 0 Å². The number of nitrogens with zero attached hydrogens (tertiary/aromatic N) is 5. The van der Waals surface area contributed by atoms with Gasteiger partial charge in [-0.1, -0.05) is 18.2 Å². The predicted octanol–water partition coefficient (Wildman–Crippen LogP) is 3.22. The summed E-state index contributed by atoms with van der Waals surface area (Å²) in [7, 11) is 1.72. The van der Waals surface area contributed by atoms with Gasteiger partial charge in [0.25, 0.3) is 5.91 Å². The van der Waals surface area contributed by atoms with E-state index in [1.54, 1.807) is 30.3 Å². The first-order valence-corrected chi connectivity index (χ1v) is 9.52. The van der Waals surface area contributed by atoms with Crippen LogP contribution < -0.4 is 14.7 Å². The lowest BCUT2D eigenvalue weighted by molar-refractivity contribution is 0.0988. The molecule has 0 atom stereocenters. The highest BCUT2D eigenvalue weighted by Crippen LogP contribution is 2.20. The number of para-hydroxylation sites is 1. The average molecular weight is 391 g/mol. The van der Waals surface area contributed by atoms with Gasteiger partial charge >= 0.3 is 0 Å². The number of halogens is 1. The van der Waals surface area contributed by atoms with Crippen molar-refractivity contribution >= 4 is 23.1 Å². The lowest BCUT2D eigenvalue weighted by Gasteiger charge is -2.36. The molecule has 7 heteroatoms. The van der Waals surface area contributed by atoms with Crippen LogP contribution in [0, 0.1) is 5.82 Å². The van der Waals surface area contributed by atoms with Crippen molar-refractivity contribution in [3.8, 4) is 0 Å². The molecule has 0 spiro atoms. The largest absolute Gasteiger partial charge is 0.368 e. The smallest absolute Gasteiger partial charge is 0.278 e. The summed E-state index contributed by atoms with van der Waals surface area (Å²) in [5.74, 6) is 0.328. The van der Waals surface area contributed by atoms with Crippen molar-refractivity contribution in [2.45, 2.75) is 0 Å². The maximum Gasteiger partial charge on any atom is 0.278 e. The highest BCUT2D eigenvalue weighted by Gasteiger charge is 2.20. The molecule has 0 N–H and O–H groups in total. The molecule has 148 valence electrons. The molecule has 2 heterocycles. The molecule has 29 heavy (non-hydrogen) atoms. The minimum Gasteiger partial charge on any atom is -0.368 e. The fraction of sp³-hybridized carbons (Fsp3) is 0.227.